The number of hydrogen-bond donors (Lipinski definition) is 3. The van der Waals surface area contributed by atoms with Crippen LogP contribution in [0.25, 0.3) is 11.3 Å². The van der Waals surface area contributed by atoms with Gasteiger partial charge in [-0.2, -0.15) is 4.98 Å². The molecule has 1 aliphatic heterocycles. The first kappa shape index (κ1) is 17.8. The Balaban J connectivity index is 1.85. The van der Waals surface area contributed by atoms with Crippen LogP contribution in [-0.4, -0.2) is 65.7 Å². The van der Waals surface area contributed by atoms with E-state index in [9.17, 15) is 4.79 Å². The Morgan fingerprint density at radius 1 is 1.27 bits per heavy atom. The molecule has 0 aromatic carbocycles. The van der Waals surface area contributed by atoms with Crippen LogP contribution < -0.4 is 21.3 Å². The monoisotopic (exact) mass is 358 g/mol. The van der Waals surface area contributed by atoms with E-state index < -0.39 is 0 Å². The number of carbonyl (C=O) groups excluding carboxylic acids is 1. The topological polar surface area (TPSA) is 131 Å². The van der Waals surface area contributed by atoms with Crippen LogP contribution in [0.5, 0.6) is 0 Å². The first-order chi connectivity index (χ1) is 12.7. The average Bonchev–Trinajstić information content (AvgIpc) is 2.69. The smallest absolute Gasteiger partial charge is 0.228 e. The summed E-state index contributed by atoms with van der Waals surface area (Å²) in [6.07, 6.45) is 3.61. The summed E-state index contributed by atoms with van der Waals surface area (Å²) in [4.78, 5) is 30.7. The molecule has 1 amide bonds. The van der Waals surface area contributed by atoms with E-state index in [1.807, 2.05) is 6.07 Å². The summed E-state index contributed by atoms with van der Waals surface area (Å²) in [6, 6.07) is 1.81. The molecule has 1 aliphatic rings. The van der Waals surface area contributed by atoms with Gasteiger partial charge in [-0.15, -0.1) is 0 Å². The molecule has 0 atom stereocenters. The number of hydrogen-bond acceptors (Lipinski definition) is 9. The third-order valence-corrected chi connectivity index (χ3v) is 3.91. The van der Waals surface area contributed by atoms with Gasteiger partial charge in [-0.25, -0.2) is 15.0 Å². The Morgan fingerprint density at radius 3 is 2.69 bits per heavy atom. The van der Waals surface area contributed by atoms with Gasteiger partial charge in [-0.05, 0) is 0 Å². The maximum atomic E-state index is 11.4. The zero-order chi connectivity index (χ0) is 18.4. The zero-order valence-corrected chi connectivity index (χ0v) is 14.6. The molecule has 0 unspecified atom stereocenters. The van der Waals surface area contributed by atoms with E-state index in [1.54, 1.807) is 19.4 Å². The molecule has 0 saturated carbocycles. The number of morpholine rings is 1. The summed E-state index contributed by atoms with van der Waals surface area (Å²) in [6.45, 7) is 3.19. The fourth-order valence-electron chi connectivity index (χ4n) is 2.48. The zero-order valence-electron chi connectivity index (χ0n) is 14.6. The lowest BCUT2D eigenvalue weighted by Gasteiger charge is -2.27. The maximum Gasteiger partial charge on any atom is 0.228 e. The van der Waals surface area contributed by atoms with Crippen LogP contribution in [0.3, 0.4) is 0 Å². The molecule has 4 N–H and O–H groups in total. The highest BCUT2D eigenvalue weighted by Gasteiger charge is 2.16. The molecule has 0 bridgehead atoms. The van der Waals surface area contributed by atoms with Crippen LogP contribution in [0.4, 0.5) is 17.7 Å². The van der Waals surface area contributed by atoms with Crippen molar-refractivity contribution < 1.29 is 9.53 Å². The second kappa shape index (κ2) is 8.39. The lowest BCUT2D eigenvalue weighted by atomic mass is 10.2. The van der Waals surface area contributed by atoms with Gasteiger partial charge in [0.15, 0.2) is 0 Å². The fraction of sp³-hybridized carbons (Fsp3) is 0.438. The molecule has 138 valence electrons. The van der Waals surface area contributed by atoms with E-state index in [1.165, 1.54) is 0 Å². The number of anilines is 3. The van der Waals surface area contributed by atoms with E-state index in [-0.39, 0.29) is 11.9 Å². The lowest BCUT2D eigenvalue weighted by Crippen LogP contribution is -2.37. The molecule has 2 aromatic heterocycles. The van der Waals surface area contributed by atoms with Crippen LogP contribution in [0.2, 0.25) is 0 Å². The van der Waals surface area contributed by atoms with Crippen LogP contribution in [0.1, 0.15) is 6.42 Å². The summed E-state index contributed by atoms with van der Waals surface area (Å²) in [5, 5.41) is 5.77. The average molecular weight is 358 g/mol. The number of aromatic nitrogens is 4. The van der Waals surface area contributed by atoms with Gasteiger partial charge in [-0.3, -0.25) is 4.79 Å². The van der Waals surface area contributed by atoms with Crippen LogP contribution in [0, 0.1) is 0 Å². The Hall–Kier alpha value is -3.01. The van der Waals surface area contributed by atoms with Crippen molar-refractivity contribution in [3.63, 3.8) is 0 Å². The van der Waals surface area contributed by atoms with Gasteiger partial charge in [0.05, 0.1) is 18.9 Å². The minimum absolute atomic E-state index is 0.0351. The van der Waals surface area contributed by atoms with Crippen LogP contribution in [0.15, 0.2) is 18.5 Å². The minimum Gasteiger partial charge on any atom is -0.378 e. The number of nitrogens with one attached hydrogen (secondary N) is 2. The van der Waals surface area contributed by atoms with Crippen molar-refractivity contribution in [2.24, 2.45) is 0 Å². The number of carbonyl (C=O) groups is 1. The van der Waals surface area contributed by atoms with Gasteiger partial charge in [0, 0.05) is 57.1 Å². The van der Waals surface area contributed by atoms with E-state index >= 15 is 0 Å². The van der Waals surface area contributed by atoms with Crippen molar-refractivity contribution in [1.82, 2.24) is 25.3 Å². The number of nitrogens with two attached hydrogens (primary N) is 1. The molecule has 3 heterocycles. The minimum atomic E-state index is -0.0351. The summed E-state index contributed by atoms with van der Waals surface area (Å²) < 4.78 is 5.39. The van der Waals surface area contributed by atoms with Crippen molar-refractivity contribution in [3.8, 4) is 11.3 Å². The number of nitrogens with zero attached hydrogens (tertiary/aromatic N) is 5. The van der Waals surface area contributed by atoms with Crippen molar-refractivity contribution in [1.29, 1.82) is 0 Å². The fourth-order valence-corrected chi connectivity index (χ4v) is 2.48. The van der Waals surface area contributed by atoms with Gasteiger partial charge in [0.2, 0.25) is 17.8 Å². The van der Waals surface area contributed by atoms with E-state index in [0.29, 0.717) is 43.6 Å². The number of rotatable bonds is 6. The first-order valence-electron chi connectivity index (χ1n) is 8.40. The summed E-state index contributed by atoms with van der Waals surface area (Å²) in [5.41, 5.74) is 6.99. The highest BCUT2D eigenvalue weighted by atomic mass is 16.5. The molecule has 10 nitrogen and oxygen atoms in total. The van der Waals surface area contributed by atoms with E-state index in [0.717, 1.165) is 18.7 Å². The van der Waals surface area contributed by atoms with Gasteiger partial charge in [0.1, 0.15) is 5.82 Å². The molecule has 26 heavy (non-hydrogen) atoms. The molecule has 2 aromatic rings. The van der Waals surface area contributed by atoms with Crippen molar-refractivity contribution in [3.05, 3.63) is 18.5 Å². The van der Waals surface area contributed by atoms with Crippen molar-refractivity contribution in [2.45, 2.75) is 6.42 Å². The third-order valence-electron chi connectivity index (χ3n) is 3.91. The predicted molar refractivity (Wildman–Crippen MR) is 97.7 cm³/mol. The van der Waals surface area contributed by atoms with Crippen molar-refractivity contribution in [2.75, 3.05) is 55.8 Å². The quantitative estimate of drug-likeness (QED) is 0.647. The van der Waals surface area contributed by atoms with Gasteiger partial charge in [-0.1, -0.05) is 0 Å². The lowest BCUT2D eigenvalue weighted by molar-refractivity contribution is -0.120. The molecular weight excluding hydrogens is 336 g/mol. The summed E-state index contributed by atoms with van der Waals surface area (Å²) in [5.74, 6) is 1.41. The Bertz CT molecular complexity index is 746. The number of nitrogen functional groups attached to an aromatic ring is 1. The molecule has 3 rings (SSSR count). The van der Waals surface area contributed by atoms with Crippen molar-refractivity contribution >= 4 is 23.6 Å². The Kier molecular flexibility index (Phi) is 5.74. The molecule has 10 heteroatoms. The Labute approximate surface area is 151 Å². The van der Waals surface area contributed by atoms with Crippen LogP contribution in [-0.2, 0) is 9.53 Å². The van der Waals surface area contributed by atoms with Gasteiger partial charge in [0.25, 0.3) is 0 Å². The molecular formula is C16H22N8O2. The maximum absolute atomic E-state index is 11.4. The summed E-state index contributed by atoms with van der Waals surface area (Å²) >= 11 is 0. The summed E-state index contributed by atoms with van der Waals surface area (Å²) in [7, 11) is 1.61. The highest BCUT2D eigenvalue weighted by molar-refractivity contribution is 5.76. The third kappa shape index (κ3) is 4.54. The first-order valence-corrected chi connectivity index (χ1v) is 8.40. The second-order valence-corrected chi connectivity index (χ2v) is 5.72. The normalized spacial score (nSPS) is 14.1. The molecule has 1 saturated heterocycles. The number of ether oxygens (including phenoxy) is 1. The number of amides is 1. The molecule has 0 spiro atoms. The predicted octanol–water partition coefficient (Wildman–Crippen LogP) is -0.0996. The van der Waals surface area contributed by atoms with E-state index in [2.05, 4.69) is 35.5 Å². The SMILES string of the molecule is CNC(=O)CCNc1cc(-c2cnc(N)nc2)nc(N2CCOCC2)n1. The van der Waals surface area contributed by atoms with Gasteiger partial charge < -0.3 is 26.0 Å². The largest absolute Gasteiger partial charge is 0.378 e. The van der Waals surface area contributed by atoms with Gasteiger partial charge >= 0.3 is 0 Å². The second-order valence-electron chi connectivity index (χ2n) is 5.72. The molecule has 1 fully saturated rings. The van der Waals surface area contributed by atoms with Crippen LogP contribution >= 0.6 is 0 Å². The molecule has 0 aliphatic carbocycles. The van der Waals surface area contributed by atoms with E-state index in [4.69, 9.17) is 10.5 Å². The molecule has 0 radical (unpaired) electrons. The standard InChI is InChI=1S/C16H22N8O2/c1-18-14(25)2-3-19-13-8-12(11-9-20-15(17)21-10-11)22-16(23-13)24-4-6-26-7-5-24/h8-10H,2-7H2,1H3,(H,18,25)(H2,17,20,21)(H,19,22,23). The Morgan fingerprint density at radius 2 is 2.00 bits per heavy atom. The highest BCUT2D eigenvalue weighted by Crippen LogP contribution is 2.23.